The van der Waals surface area contributed by atoms with Gasteiger partial charge in [-0.25, -0.2) is 4.79 Å². The molecule has 1 aromatic rings. The fourth-order valence-electron chi connectivity index (χ4n) is 1.33. The van der Waals surface area contributed by atoms with E-state index in [2.05, 4.69) is 5.10 Å². The molecular weight excluding hydrogens is 246 g/mol. The highest BCUT2D eigenvalue weighted by Gasteiger charge is 2.25. The van der Waals surface area contributed by atoms with Gasteiger partial charge in [-0.2, -0.15) is 5.10 Å². The largest absolute Gasteiger partial charge is 0.493 e. The molecule has 1 aliphatic heterocycles. The van der Waals surface area contributed by atoms with Crippen molar-refractivity contribution in [3.63, 3.8) is 0 Å². The Bertz CT molecular complexity index is 406. The molecule has 0 radical (unpaired) electrons. The van der Waals surface area contributed by atoms with E-state index in [1.807, 2.05) is 27.8 Å². The lowest BCUT2D eigenvalue weighted by atomic mass is 10.2. The minimum atomic E-state index is -0.354. The van der Waals surface area contributed by atoms with Gasteiger partial charge in [-0.15, -0.1) is 0 Å². The number of likely N-dealkylation sites (tertiary alicyclic amines) is 1. The molecule has 6 heteroatoms. The van der Waals surface area contributed by atoms with Crippen LogP contribution in [0, 0.1) is 0 Å². The summed E-state index contributed by atoms with van der Waals surface area (Å²) in [5.74, 6) is 0.799. The number of ether oxygens (including phenoxy) is 2. The van der Waals surface area contributed by atoms with E-state index in [-0.39, 0.29) is 11.7 Å². The van der Waals surface area contributed by atoms with Gasteiger partial charge in [-0.1, -0.05) is 0 Å². The van der Waals surface area contributed by atoms with Gasteiger partial charge in [-0.3, -0.25) is 4.68 Å². The average molecular weight is 269 g/mol. The Morgan fingerprint density at radius 1 is 1.37 bits per heavy atom. The van der Waals surface area contributed by atoms with Crippen LogP contribution in [0.5, 0.6) is 5.75 Å². The number of methoxy groups -OCH3 is 1. The molecule has 6 nitrogen and oxygen atoms in total. The third kappa shape index (κ3) is 5.63. The molecule has 1 aliphatic rings. The smallest absolute Gasteiger partial charge is 0.410 e. The van der Waals surface area contributed by atoms with Crippen molar-refractivity contribution < 1.29 is 14.3 Å². The lowest BCUT2D eigenvalue weighted by molar-refractivity contribution is 0.0131. The summed E-state index contributed by atoms with van der Waals surface area (Å²) in [6, 6.07) is 0. The van der Waals surface area contributed by atoms with Crippen molar-refractivity contribution in [3.05, 3.63) is 12.4 Å². The number of carbonyl (C=O) groups is 1. The van der Waals surface area contributed by atoms with Gasteiger partial charge in [0.2, 0.25) is 0 Å². The van der Waals surface area contributed by atoms with Crippen molar-refractivity contribution in [1.82, 2.24) is 14.7 Å². The molecule has 0 unspecified atom stereocenters. The molecule has 0 spiro atoms. The molecule has 0 bridgehead atoms. The molecule has 1 amide bonds. The highest BCUT2D eigenvalue weighted by molar-refractivity contribution is 5.68. The van der Waals surface area contributed by atoms with Crippen LogP contribution in [-0.2, 0) is 11.8 Å². The first-order chi connectivity index (χ1) is 8.81. The van der Waals surface area contributed by atoms with Crippen LogP contribution in [-0.4, -0.2) is 46.6 Å². The normalized spacial score (nSPS) is 14.1. The van der Waals surface area contributed by atoms with E-state index >= 15 is 0 Å². The maximum absolute atomic E-state index is 11.1. The third-order valence-corrected chi connectivity index (χ3v) is 2.42. The van der Waals surface area contributed by atoms with E-state index in [4.69, 9.17) is 9.47 Å². The summed E-state index contributed by atoms with van der Waals surface area (Å²) >= 11 is 0. The van der Waals surface area contributed by atoms with Crippen molar-refractivity contribution >= 4 is 6.09 Å². The summed E-state index contributed by atoms with van der Waals surface area (Å²) < 4.78 is 11.7. The molecule has 0 atom stereocenters. The second-order valence-electron chi connectivity index (χ2n) is 5.37. The zero-order valence-corrected chi connectivity index (χ0v) is 12.3. The van der Waals surface area contributed by atoms with E-state index in [0.29, 0.717) is 0 Å². The van der Waals surface area contributed by atoms with Crippen molar-refractivity contribution in [3.8, 4) is 5.75 Å². The minimum Gasteiger partial charge on any atom is -0.493 e. The topological polar surface area (TPSA) is 56.6 Å². The Kier molecular flexibility index (Phi) is 5.20. The molecular formula is C13H23N3O3. The quantitative estimate of drug-likeness (QED) is 0.783. The molecule has 1 aromatic heterocycles. The van der Waals surface area contributed by atoms with E-state index < -0.39 is 0 Å². The van der Waals surface area contributed by atoms with Crippen molar-refractivity contribution in [2.45, 2.75) is 32.8 Å². The van der Waals surface area contributed by atoms with Crippen LogP contribution in [0.4, 0.5) is 4.79 Å². The second kappa shape index (κ2) is 6.45. The predicted octanol–water partition coefficient (Wildman–Crippen LogP) is 2.06. The summed E-state index contributed by atoms with van der Waals surface area (Å²) in [4.78, 5) is 12.9. The van der Waals surface area contributed by atoms with Crippen molar-refractivity contribution in [2.75, 3.05) is 20.2 Å². The van der Waals surface area contributed by atoms with E-state index in [1.165, 1.54) is 0 Å². The summed E-state index contributed by atoms with van der Waals surface area (Å²) in [5.41, 5.74) is -0.354. The lowest BCUT2D eigenvalue weighted by Gasteiger charge is -2.32. The molecule has 0 aliphatic carbocycles. The number of hydrogen-bond donors (Lipinski definition) is 0. The second-order valence-corrected chi connectivity index (χ2v) is 5.37. The Hall–Kier alpha value is -1.72. The molecule has 1 fully saturated rings. The van der Waals surface area contributed by atoms with Gasteiger partial charge in [0.15, 0.2) is 5.75 Å². The number of aryl methyl sites for hydroxylation is 1. The first-order valence-electron chi connectivity index (χ1n) is 6.32. The first kappa shape index (κ1) is 15.3. The van der Waals surface area contributed by atoms with Crippen LogP contribution in [0.1, 0.15) is 27.2 Å². The Morgan fingerprint density at radius 2 is 2.00 bits per heavy atom. The molecule has 19 heavy (non-hydrogen) atoms. The Labute approximate surface area is 114 Å². The van der Waals surface area contributed by atoms with E-state index in [1.54, 1.807) is 29.1 Å². The standard InChI is InChI=1S/C8H15NO2.C5H8N2O/c1-8(2,3)11-7(10)9-5-4-6-9;1-7-4-5(8-2)3-6-7/h4-6H2,1-3H3;3-4H,1-2H3. The Balaban J connectivity index is 0.000000200. The number of amides is 1. The molecule has 2 heterocycles. The minimum absolute atomic E-state index is 0.177. The van der Waals surface area contributed by atoms with Crippen LogP contribution < -0.4 is 4.74 Å². The number of rotatable bonds is 1. The monoisotopic (exact) mass is 269 g/mol. The van der Waals surface area contributed by atoms with Gasteiger partial charge in [0, 0.05) is 20.1 Å². The fraction of sp³-hybridized carbons (Fsp3) is 0.692. The molecule has 0 saturated carbocycles. The molecule has 0 aromatic carbocycles. The van der Waals surface area contributed by atoms with Crippen LogP contribution in [0.25, 0.3) is 0 Å². The van der Waals surface area contributed by atoms with Crippen LogP contribution in [0.15, 0.2) is 12.4 Å². The summed E-state index contributed by atoms with van der Waals surface area (Å²) in [6.45, 7) is 7.35. The van der Waals surface area contributed by atoms with Gasteiger partial charge >= 0.3 is 6.09 Å². The molecule has 1 saturated heterocycles. The maximum Gasteiger partial charge on any atom is 0.410 e. The maximum atomic E-state index is 11.1. The third-order valence-electron chi connectivity index (χ3n) is 2.42. The van der Waals surface area contributed by atoms with Gasteiger partial charge < -0.3 is 14.4 Å². The average Bonchev–Trinajstić information content (AvgIpc) is 2.59. The predicted molar refractivity (Wildman–Crippen MR) is 72.2 cm³/mol. The first-order valence-corrected chi connectivity index (χ1v) is 6.32. The summed E-state index contributed by atoms with van der Waals surface area (Å²) in [7, 11) is 3.47. The number of hydrogen-bond acceptors (Lipinski definition) is 4. The fourth-order valence-corrected chi connectivity index (χ4v) is 1.33. The van der Waals surface area contributed by atoms with Crippen molar-refractivity contribution in [2.24, 2.45) is 7.05 Å². The SMILES string of the molecule is CC(C)(C)OC(=O)N1CCC1.COc1cnn(C)c1. The van der Waals surface area contributed by atoms with Crippen LogP contribution >= 0.6 is 0 Å². The number of aromatic nitrogens is 2. The molecule has 108 valence electrons. The number of nitrogens with zero attached hydrogens (tertiary/aromatic N) is 3. The zero-order valence-electron chi connectivity index (χ0n) is 12.3. The summed E-state index contributed by atoms with van der Waals surface area (Å²) in [6.07, 6.45) is 4.41. The van der Waals surface area contributed by atoms with E-state index in [0.717, 1.165) is 25.3 Å². The zero-order chi connectivity index (χ0) is 14.5. The lowest BCUT2D eigenvalue weighted by Crippen LogP contribution is -2.44. The van der Waals surface area contributed by atoms with Gasteiger partial charge in [0.05, 0.1) is 19.5 Å². The van der Waals surface area contributed by atoms with Crippen LogP contribution in [0.2, 0.25) is 0 Å². The van der Waals surface area contributed by atoms with E-state index in [9.17, 15) is 4.79 Å². The van der Waals surface area contributed by atoms with Crippen molar-refractivity contribution in [1.29, 1.82) is 0 Å². The Morgan fingerprint density at radius 3 is 2.26 bits per heavy atom. The van der Waals surface area contributed by atoms with Gasteiger partial charge in [0.1, 0.15) is 5.60 Å². The van der Waals surface area contributed by atoms with Crippen LogP contribution in [0.3, 0.4) is 0 Å². The number of carbonyl (C=O) groups excluding carboxylic acids is 1. The molecule has 2 rings (SSSR count). The highest BCUT2D eigenvalue weighted by atomic mass is 16.6. The van der Waals surface area contributed by atoms with Gasteiger partial charge in [-0.05, 0) is 27.2 Å². The highest BCUT2D eigenvalue weighted by Crippen LogP contribution is 2.13. The summed E-state index contributed by atoms with van der Waals surface area (Å²) in [5, 5.41) is 3.88. The molecule has 0 N–H and O–H groups in total. The van der Waals surface area contributed by atoms with Gasteiger partial charge in [0.25, 0.3) is 0 Å².